The van der Waals surface area contributed by atoms with Crippen LogP contribution in [0.4, 0.5) is 0 Å². The third kappa shape index (κ3) is 3.53. The summed E-state index contributed by atoms with van der Waals surface area (Å²) < 4.78 is 10.7. The van der Waals surface area contributed by atoms with Gasteiger partial charge in [0.2, 0.25) is 0 Å². The molecule has 2 heterocycles. The predicted molar refractivity (Wildman–Crippen MR) is 100 cm³/mol. The molecule has 6 nitrogen and oxygen atoms in total. The molecule has 2 amide bonds. The Labute approximate surface area is 156 Å². The molecule has 3 rings (SSSR count). The van der Waals surface area contributed by atoms with Crippen LogP contribution < -0.4 is 9.47 Å². The van der Waals surface area contributed by atoms with Gasteiger partial charge in [-0.1, -0.05) is 6.07 Å². The van der Waals surface area contributed by atoms with E-state index in [1.54, 1.807) is 30.1 Å². The summed E-state index contributed by atoms with van der Waals surface area (Å²) in [4.78, 5) is 29.7. The number of nitrogens with zero attached hydrogens (tertiary/aromatic N) is 2. The highest BCUT2D eigenvalue weighted by molar-refractivity contribution is 7.12. The monoisotopic (exact) mass is 374 g/mol. The molecule has 1 aromatic carbocycles. The van der Waals surface area contributed by atoms with Crippen LogP contribution in [0.5, 0.6) is 11.5 Å². The fourth-order valence-electron chi connectivity index (χ4n) is 3.06. The van der Waals surface area contributed by atoms with Crippen molar-refractivity contribution >= 4 is 23.2 Å². The Bertz CT molecular complexity index is 796. The van der Waals surface area contributed by atoms with Crippen LogP contribution >= 0.6 is 11.3 Å². The fraction of sp³-hybridized carbons (Fsp3) is 0.368. The van der Waals surface area contributed by atoms with Gasteiger partial charge in [-0.05, 0) is 36.1 Å². The van der Waals surface area contributed by atoms with Crippen LogP contribution in [-0.2, 0) is 0 Å². The Morgan fingerprint density at radius 3 is 2.12 bits per heavy atom. The summed E-state index contributed by atoms with van der Waals surface area (Å²) in [7, 11) is 3.13. The number of hydrogen-bond donors (Lipinski definition) is 0. The predicted octanol–water partition coefficient (Wildman–Crippen LogP) is 2.67. The number of ether oxygens (including phenoxy) is 2. The molecule has 0 aliphatic carbocycles. The van der Waals surface area contributed by atoms with E-state index in [1.165, 1.54) is 11.3 Å². The number of aryl methyl sites for hydroxylation is 1. The van der Waals surface area contributed by atoms with Crippen LogP contribution in [0.3, 0.4) is 0 Å². The van der Waals surface area contributed by atoms with Gasteiger partial charge in [0.05, 0.1) is 24.7 Å². The summed E-state index contributed by atoms with van der Waals surface area (Å²) in [6.45, 7) is 3.94. The first-order valence-electron chi connectivity index (χ1n) is 8.39. The van der Waals surface area contributed by atoms with Gasteiger partial charge in [-0.25, -0.2) is 0 Å². The Hall–Kier alpha value is -2.54. The van der Waals surface area contributed by atoms with Crippen LogP contribution in [0.1, 0.15) is 25.6 Å². The first kappa shape index (κ1) is 18.3. The standard InChI is InChI=1S/C19H22N2O4S/c1-13-11-16(25-3)14(12-15(13)24-2)18(22)20-6-8-21(9-7-20)19(23)17-5-4-10-26-17/h4-5,10-12H,6-9H2,1-3H3. The normalized spacial score (nSPS) is 14.3. The number of amides is 2. The number of methoxy groups -OCH3 is 2. The lowest BCUT2D eigenvalue weighted by atomic mass is 10.1. The summed E-state index contributed by atoms with van der Waals surface area (Å²) in [6.07, 6.45) is 0. The summed E-state index contributed by atoms with van der Waals surface area (Å²) in [5.41, 5.74) is 1.39. The van der Waals surface area contributed by atoms with Gasteiger partial charge in [0.15, 0.2) is 0 Å². The molecule has 1 aliphatic rings. The van der Waals surface area contributed by atoms with Crippen LogP contribution in [0.25, 0.3) is 0 Å². The number of hydrogen-bond acceptors (Lipinski definition) is 5. The van der Waals surface area contributed by atoms with E-state index in [2.05, 4.69) is 0 Å². The maximum Gasteiger partial charge on any atom is 0.264 e. The highest BCUT2D eigenvalue weighted by Gasteiger charge is 2.27. The topological polar surface area (TPSA) is 59.1 Å². The summed E-state index contributed by atoms with van der Waals surface area (Å²) in [5.74, 6) is 1.11. The fourth-order valence-corrected chi connectivity index (χ4v) is 3.75. The average molecular weight is 374 g/mol. The molecule has 138 valence electrons. The second kappa shape index (κ2) is 7.78. The number of carbonyl (C=O) groups is 2. The third-order valence-corrected chi connectivity index (χ3v) is 5.39. The number of piperazine rings is 1. The second-order valence-electron chi connectivity index (χ2n) is 6.08. The second-order valence-corrected chi connectivity index (χ2v) is 7.03. The van der Waals surface area contributed by atoms with E-state index in [1.807, 2.05) is 30.5 Å². The lowest BCUT2D eigenvalue weighted by Crippen LogP contribution is -2.50. The molecule has 1 fully saturated rings. The maximum absolute atomic E-state index is 13.0. The number of benzene rings is 1. The zero-order chi connectivity index (χ0) is 18.7. The molecule has 0 spiro atoms. The molecule has 0 bridgehead atoms. The van der Waals surface area contributed by atoms with Gasteiger partial charge >= 0.3 is 0 Å². The zero-order valence-corrected chi connectivity index (χ0v) is 16.0. The van der Waals surface area contributed by atoms with E-state index < -0.39 is 0 Å². The van der Waals surface area contributed by atoms with Crippen molar-refractivity contribution in [2.24, 2.45) is 0 Å². The van der Waals surface area contributed by atoms with E-state index in [0.29, 0.717) is 43.2 Å². The van der Waals surface area contributed by atoms with Crippen molar-refractivity contribution < 1.29 is 19.1 Å². The number of thiophene rings is 1. The minimum Gasteiger partial charge on any atom is -0.496 e. The summed E-state index contributed by atoms with van der Waals surface area (Å²) in [5, 5.41) is 1.89. The van der Waals surface area contributed by atoms with Gasteiger partial charge in [0.25, 0.3) is 11.8 Å². The number of carbonyl (C=O) groups excluding carboxylic acids is 2. The molecule has 1 aromatic heterocycles. The van der Waals surface area contributed by atoms with Crippen molar-refractivity contribution in [3.05, 3.63) is 45.6 Å². The Morgan fingerprint density at radius 1 is 0.962 bits per heavy atom. The van der Waals surface area contributed by atoms with Crippen LogP contribution in [-0.4, -0.2) is 62.0 Å². The molecule has 0 atom stereocenters. The SMILES string of the molecule is COc1cc(C(=O)N2CCN(C(=O)c3cccs3)CC2)c(OC)cc1C. The minimum absolute atomic E-state index is 0.0293. The molecule has 26 heavy (non-hydrogen) atoms. The van der Waals surface area contributed by atoms with Crippen molar-refractivity contribution in [3.63, 3.8) is 0 Å². The van der Waals surface area contributed by atoms with Gasteiger partial charge in [-0.2, -0.15) is 0 Å². The Balaban J connectivity index is 1.72. The highest BCUT2D eigenvalue weighted by Crippen LogP contribution is 2.29. The van der Waals surface area contributed by atoms with Gasteiger partial charge in [-0.15, -0.1) is 11.3 Å². The molecule has 1 aliphatic heterocycles. The van der Waals surface area contributed by atoms with E-state index in [9.17, 15) is 9.59 Å². The molecule has 0 saturated carbocycles. The summed E-state index contributed by atoms with van der Waals surface area (Å²) >= 11 is 1.44. The molecule has 1 saturated heterocycles. The summed E-state index contributed by atoms with van der Waals surface area (Å²) in [6, 6.07) is 7.23. The third-order valence-electron chi connectivity index (χ3n) is 4.53. The Kier molecular flexibility index (Phi) is 5.46. The van der Waals surface area contributed by atoms with Crippen LogP contribution in [0.2, 0.25) is 0 Å². The van der Waals surface area contributed by atoms with Gasteiger partial charge in [-0.3, -0.25) is 9.59 Å². The van der Waals surface area contributed by atoms with Crippen LogP contribution in [0.15, 0.2) is 29.6 Å². The molecule has 7 heteroatoms. The Morgan fingerprint density at radius 2 is 1.58 bits per heavy atom. The van der Waals surface area contributed by atoms with E-state index in [4.69, 9.17) is 9.47 Å². The van der Waals surface area contributed by atoms with E-state index in [0.717, 1.165) is 10.4 Å². The molecule has 0 N–H and O–H groups in total. The molecule has 0 radical (unpaired) electrons. The lowest BCUT2D eigenvalue weighted by molar-refractivity contribution is 0.0536. The first-order chi connectivity index (χ1) is 12.5. The average Bonchev–Trinajstić information content (AvgIpc) is 3.21. The van der Waals surface area contributed by atoms with Gasteiger partial charge in [0.1, 0.15) is 11.5 Å². The van der Waals surface area contributed by atoms with Crippen molar-refractivity contribution in [1.29, 1.82) is 0 Å². The van der Waals surface area contributed by atoms with E-state index >= 15 is 0 Å². The number of rotatable bonds is 4. The quantitative estimate of drug-likeness (QED) is 0.826. The molecular weight excluding hydrogens is 352 g/mol. The molecular formula is C19H22N2O4S. The van der Waals surface area contributed by atoms with Crippen molar-refractivity contribution in [2.75, 3.05) is 40.4 Å². The highest BCUT2D eigenvalue weighted by atomic mass is 32.1. The van der Waals surface area contributed by atoms with Gasteiger partial charge < -0.3 is 19.3 Å². The zero-order valence-electron chi connectivity index (χ0n) is 15.2. The van der Waals surface area contributed by atoms with E-state index in [-0.39, 0.29) is 11.8 Å². The van der Waals surface area contributed by atoms with Gasteiger partial charge in [0, 0.05) is 26.2 Å². The minimum atomic E-state index is -0.108. The van der Waals surface area contributed by atoms with Crippen LogP contribution in [0, 0.1) is 6.92 Å². The smallest absolute Gasteiger partial charge is 0.264 e. The maximum atomic E-state index is 13.0. The van der Waals surface area contributed by atoms with Crippen molar-refractivity contribution in [1.82, 2.24) is 9.80 Å². The largest absolute Gasteiger partial charge is 0.496 e. The first-order valence-corrected chi connectivity index (χ1v) is 9.27. The lowest BCUT2D eigenvalue weighted by Gasteiger charge is -2.34. The van der Waals surface area contributed by atoms with Crippen molar-refractivity contribution in [3.8, 4) is 11.5 Å². The van der Waals surface area contributed by atoms with Crippen molar-refractivity contribution in [2.45, 2.75) is 6.92 Å². The molecule has 0 unspecified atom stereocenters. The molecule has 2 aromatic rings.